The minimum atomic E-state index is 0.167. The second-order valence-corrected chi connectivity index (χ2v) is 11.1. The van der Waals surface area contributed by atoms with Gasteiger partial charge in [-0.05, 0) is 88.1 Å². The maximum absolute atomic E-state index is 8.83. The highest BCUT2D eigenvalue weighted by atomic mass is 32.1. The Balaban J connectivity index is 0.000000309. The van der Waals surface area contributed by atoms with Crippen molar-refractivity contribution in [2.24, 2.45) is 15.0 Å². The van der Waals surface area contributed by atoms with E-state index in [4.69, 9.17) is 14.9 Å². The number of para-hydroxylation sites is 2. The second-order valence-electron chi connectivity index (χ2n) is 9.98. The van der Waals surface area contributed by atoms with Gasteiger partial charge in [0, 0.05) is 49.3 Å². The molecule has 6 nitrogen and oxygen atoms in total. The third-order valence-corrected chi connectivity index (χ3v) is 7.40. The minimum absolute atomic E-state index is 0.167. The van der Waals surface area contributed by atoms with Gasteiger partial charge in [0.15, 0.2) is 5.90 Å². The van der Waals surface area contributed by atoms with Gasteiger partial charge in [-0.3, -0.25) is 9.98 Å². The van der Waals surface area contributed by atoms with Crippen molar-refractivity contribution in [3.05, 3.63) is 74.5 Å². The number of nitrogens with zero attached hydrogens (tertiary/aromatic N) is 3. The Kier molecular flexibility index (Phi) is 16.7. The van der Waals surface area contributed by atoms with Gasteiger partial charge in [-0.1, -0.05) is 43.3 Å². The molecule has 7 heteroatoms. The van der Waals surface area contributed by atoms with E-state index in [0.717, 1.165) is 34.9 Å². The lowest BCUT2D eigenvalue weighted by atomic mass is 10.1. The summed E-state index contributed by atoms with van der Waals surface area (Å²) in [7, 11) is 1.63. The molecule has 0 radical (unpaired) electrons. The van der Waals surface area contributed by atoms with E-state index in [9.17, 15) is 0 Å². The monoisotopic (exact) mass is 579 g/mol. The van der Waals surface area contributed by atoms with Crippen molar-refractivity contribution in [3.8, 4) is 0 Å². The van der Waals surface area contributed by atoms with Gasteiger partial charge in [0.2, 0.25) is 0 Å². The van der Waals surface area contributed by atoms with Crippen LogP contribution in [-0.4, -0.2) is 47.9 Å². The summed E-state index contributed by atoms with van der Waals surface area (Å²) >= 11 is 1.72. The van der Waals surface area contributed by atoms with E-state index in [1.165, 1.54) is 32.7 Å². The summed E-state index contributed by atoms with van der Waals surface area (Å²) in [4.78, 5) is 14.7. The Bertz CT molecular complexity index is 1280. The van der Waals surface area contributed by atoms with Gasteiger partial charge < -0.3 is 14.9 Å². The lowest BCUT2D eigenvalue weighted by Gasteiger charge is -2.07. The zero-order valence-electron chi connectivity index (χ0n) is 26.6. The van der Waals surface area contributed by atoms with Crippen molar-refractivity contribution < 1.29 is 14.9 Å². The molecule has 0 saturated carbocycles. The number of ether oxygens (including phenoxy) is 1. The minimum Gasteiger partial charge on any atom is -0.484 e. The lowest BCUT2D eigenvalue weighted by Crippen LogP contribution is -1.96. The number of hydrogen-bond acceptors (Lipinski definition) is 7. The number of aliphatic hydroxyl groups excluding tert-OH is 2. The van der Waals surface area contributed by atoms with Gasteiger partial charge in [0.1, 0.15) is 0 Å². The molecule has 0 aliphatic heterocycles. The van der Waals surface area contributed by atoms with Gasteiger partial charge in [-0.25, -0.2) is 4.99 Å². The van der Waals surface area contributed by atoms with E-state index in [0.29, 0.717) is 18.7 Å². The number of rotatable bonds is 8. The molecule has 0 spiro atoms. The molecule has 0 atom stereocenters. The summed E-state index contributed by atoms with van der Waals surface area (Å²) < 4.78 is 4.99. The van der Waals surface area contributed by atoms with Crippen molar-refractivity contribution in [1.29, 1.82) is 0 Å². The number of thiophene rings is 1. The molecule has 2 aromatic carbocycles. The van der Waals surface area contributed by atoms with Crippen LogP contribution < -0.4 is 0 Å². The number of aliphatic hydroxyl groups is 2. The lowest BCUT2D eigenvalue weighted by molar-refractivity contribution is 0.306. The number of benzene rings is 2. The van der Waals surface area contributed by atoms with Crippen LogP contribution in [0.2, 0.25) is 0 Å². The number of aliphatic imine (C=N–C) groups is 3. The molecular weight excluding hydrogens is 530 g/mol. The first-order valence-electron chi connectivity index (χ1n) is 14.1. The quantitative estimate of drug-likeness (QED) is 0.206. The molecule has 3 rings (SSSR count). The van der Waals surface area contributed by atoms with Gasteiger partial charge in [0.05, 0.1) is 24.2 Å². The topological polar surface area (TPSA) is 86.8 Å². The molecule has 41 heavy (non-hydrogen) atoms. The predicted octanol–water partition coefficient (Wildman–Crippen LogP) is 8.87. The summed E-state index contributed by atoms with van der Waals surface area (Å²) in [5.74, 6) is 0.708. The first-order chi connectivity index (χ1) is 19.5. The predicted molar refractivity (Wildman–Crippen MR) is 179 cm³/mol. The van der Waals surface area contributed by atoms with E-state index in [2.05, 4.69) is 92.2 Å². The molecular formula is C34H49N3O3S. The standard InChI is InChI=1S/C13H19NO.C12H17NO.C9H13NOS/c1-4-12-7-5-6-10(2)13(12)14-11(3)8-9-15;1-9-5-4-6-10(2)12(9)13-11(3)7-8-14;1-6-5-12-7(2)9(6)10-8(3)11-4/h5-7,15H,4,8-9H2,1-3H3;4-6,14H,7-8H2,1-3H3;5H,1-4H3. The molecule has 0 aliphatic carbocycles. The van der Waals surface area contributed by atoms with Crippen molar-refractivity contribution in [3.63, 3.8) is 0 Å². The SMILES string of the molecule is CC(CCO)=Nc1c(C)cccc1C.CCc1cccc(C)c1N=C(C)CCO.COC(C)=Nc1c(C)csc1C. The van der Waals surface area contributed by atoms with Crippen LogP contribution in [0.3, 0.4) is 0 Å². The fraction of sp³-hybridized carbons (Fsp3) is 0.441. The number of hydrogen-bond donors (Lipinski definition) is 2. The number of methoxy groups -OCH3 is 1. The van der Waals surface area contributed by atoms with Crippen LogP contribution in [-0.2, 0) is 11.2 Å². The molecule has 0 aliphatic rings. The van der Waals surface area contributed by atoms with Crippen molar-refractivity contribution in [1.82, 2.24) is 0 Å². The largest absolute Gasteiger partial charge is 0.484 e. The average Bonchev–Trinajstić information content (AvgIpc) is 3.25. The van der Waals surface area contributed by atoms with Crippen LogP contribution in [0.5, 0.6) is 0 Å². The van der Waals surface area contributed by atoms with E-state index in [1.54, 1.807) is 18.4 Å². The van der Waals surface area contributed by atoms with E-state index in [1.807, 2.05) is 26.8 Å². The van der Waals surface area contributed by atoms with Crippen molar-refractivity contribution in [2.45, 2.75) is 81.6 Å². The summed E-state index contributed by atoms with van der Waals surface area (Å²) in [6.45, 7) is 18.5. The highest BCUT2D eigenvalue weighted by Gasteiger charge is 2.04. The first kappa shape index (κ1) is 35.9. The van der Waals surface area contributed by atoms with Crippen LogP contribution in [0.4, 0.5) is 17.1 Å². The van der Waals surface area contributed by atoms with Crippen LogP contribution >= 0.6 is 11.3 Å². The maximum atomic E-state index is 8.83. The zero-order valence-corrected chi connectivity index (χ0v) is 27.4. The molecule has 1 aromatic heterocycles. The Labute approximate surface area is 251 Å². The van der Waals surface area contributed by atoms with Crippen LogP contribution in [0.25, 0.3) is 0 Å². The van der Waals surface area contributed by atoms with Gasteiger partial charge in [-0.15, -0.1) is 11.3 Å². The maximum Gasteiger partial charge on any atom is 0.184 e. The summed E-state index contributed by atoms with van der Waals surface area (Å²) in [5, 5.41) is 19.7. The molecule has 3 aromatic rings. The third kappa shape index (κ3) is 12.5. The Hall–Kier alpha value is -3.13. The zero-order chi connectivity index (χ0) is 30.9. The molecule has 2 N–H and O–H groups in total. The molecule has 0 bridgehead atoms. The highest BCUT2D eigenvalue weighted by molar-refractivity contribution is 7.10. The van der Waals surface area contributed by atoms with Gasteiger partial charge in [-0.2, -0.15) is 0 Å². The van der Waals surface area contributed by atoms with Crippen LogP contribution in [0.1, 0.15) is 73.2 Å². The van der Waals surface area contributed by atoms with Crippen LogP contribution in [0.15, 0.2) is 56.8 Å². The summed E-state index contributed by atoms with van der Waals surface area (Å²) in [6, 6.07) is 12.4. The van der Waals surface area contributed by atoms with Crippen LogP contribution in [0, 0.1) is 34.6 Å². The first-order valence-corrected chi connectivity index (χ1v) is 15.0. The van der Waals surface area contributed by atoms with Crippen molar-refractivity contribution in [2.75, 3.05) is 20.3 Å². The fourth-order valence-corrected chi connectivity index (χ4v) is 4.68. The Morgan fingerprint density at radius 2 is 1.20 bits per heavy atom. The number of aryl methyl sites for hydroxylation is 6. The average molecular weight is 580 g/mol. The molecule has 0 amide bonds. The highest BCUT2D eigenvalue weighted by Crippen LogP contribution is 2.29. The van der Waals surface area contributed by atoms with Gasteiger partial charge >= 0.3 is 0 Å². The Morgan fingerprint density at radius 3 is 1.63 bits per heavy atom. The molecule has 0 saturated heterocycles. The normalized spacial score (nSPS) is 11.9. The van der Waals surface area contributed by atoms with Crippen molar-refractivity contribution >= 4 is 45.7 Å². The van der Waals surface area contributed by atoms with Gasteiger partial charge in [0.25, 0.3) is 0 Å². The second kappa shape index (κ2) is 19.1. The molecule has 0 unspecified atom stereocenters. The molecule has 1 heterocycles. The summed E-state index contributed by atoms with van der Waals surface area (Å²) in [6.07, 6.45) is 2.29. The third-order valence-electron chi connectivity index (χ3n) is 6.38. The Morgan fingerprint density at radius 1 is 0.707 bits per heavy atom. The van der Waals surface area contributed by atoms with E-state index >= 15 is 0 Å². The van der Waals surface area contributed by atoms with E-state index < -0.39 is 0 Å². The molecule has 0 fully saturated rings. The fourth-order valence-electron chi connectivity index (χ4n) is 3.90. The van der Waals surface area contributed by atoms with E-state index in [-0.39, 0.29) is 13.2 Å². The summed E-state index contributed by atoms with van der Waals surface area (Å²) in [5.41, 5.74) is 11.2. The molecule has 224 valence electrons. The smallest absolute Gasteiger partial charge is 0.184 e.